The van der Waals surface area contributed by atoms with Gasteiger partial charge in [0.25, 0.3) is 0 Å². The van der Waals surface area contributed by atoms with Gasteiger partial charge in [0, 0.05) is 32.9 Å². The molecule has 1 fully saturated rings. The number of ether oxygens (including phenoxy) is 2. The molecule has 0 spiro atoms. The highest BCUT2D eigenvalue weighted by molar-refractivity contribution is 4.72. The Morgan fingerprint density at radius 1 is 1.06 bits per heavy atom. The van der Waals surface area contributed by atoms with E-state index in [2.05, 4.69) is 12.2 Å². The van der Waals surface area contributed by atoms with Gasteiger partial charge in [-0.05, 0) is 31.6 Å². The summed E-state index contributed by atoms with van der Waals surface area (Å²) in [4.78, 5) is 0. The monoisotopic (exact) mass is 243 g/mol. The third-order valence-corrected chi connectivity index (χ3v) is 3.57. The molecule has 3 nitrogen and oxygen atoms in total. The lowest BCUT2D eigenvalue weighted by atomic mass is 10.0. The summed E-state index contributed by atoms with van der Waals surface area (Å²) in [6.45, 7) is 5.81. The zero-order valence-electron chi connectivity index (χ0n) is 11.5. The second-order valence-electron chi connectivity index (χ2n) is 5.22. The summed E-state index contributed by atoms with van der Waals surface area (Å²) in [6.07, 6.45) is 7.85. The van der Waals surface area contributed by atoms with Gasteiger partial charge in [-0.25, -0.2) is 0 Å². The normalized spacial score (nSPS) is 25.8. The van der Waals surface area contributed by atoms with E-state index in [0.717, 1.165) is 44.7 Å². The van der Waals surface area contributed by atoms with Crippen molar-refractivity contribution in [1.29, 1.82) is 0 Å². The molecule has 1 aliphatic carbocycles. The van der Waals surface area contributed by atoms with Crippen LogP contribution in [-0.4, -0.2) is 39.5 Å². The Morgan fingerprint density at radius 3 is 2.76 bits per heavy atom. The minimum atomic E-state index is 0.725. The Hall–Kier alpha value is -0.120. The molecule has 2 unspecified atom stereocenters. The largest absolute Gasteiger partial charge is 0.385 e. The minimum Gasteiger partial charge on any atom is -0.385 e. The van der Waals surface area contributed by atoms with E-state index >= 15 is 0 Å². The van der Waals surface area contributed by atoms with Gasteiger partial charge < -0.3 is 14.8 Å². The maximum absolute atomic E-state index is 5.54. The Kier molecular flexibility index (Phi) is 8.67. The summed E-state index contributed by atoms with van der Waals surface area (Å²) in [5.74, 6) is 0.923. The van der Waals surface area contributed by atoms with Crippen LogP contribution >= 0.6 is 0 Å². The molecule has 1 N–H and O–H groups in total. The van der Waals surface area contributed by atoms with Crippen LogP contribution in [0.5, 0.6) is 0 Å². The number of nitrogens with one attached hydrogen (secondary N) is 1. The average molecular weight is 243 g/mol. The number of rotatable bonds is 8. The van der Waals surface area contributed by atoms with Gasteiger partial charge in [-0.2, -0.15) is 0 Å². The maximum atomic E-state index is 5.54. The van der Waals surface area contributed by atoms with Gasteiger partial charge in [0.2, 0.25) is 0 Å². The Morgan fingerprint density at radius 2 is 1.94 bits per heavy atom. The molecule has 3 heteroatoms. The van der Waals surface area contributed by atoms with Crippen LogP contribution in [0.25, 0.3) is 0 Å². The van der Waals surface area contributed by atoms with Crippen molar-refractivity contribution in [3.05, 3.63) is 0 Å². The molecule has 102 valence electrons. The van der Waals surface area contributed by atoms with Crippen molar-refractivity contribution in [3.8, 4) is 0 Å². The molecule has 0 aromatic heterocycles. The van der Waals surface area contributed by atoms with Crippen molar-refractivity contribution in [3.63, 3.8) is 0 Å². The van der Waals surface area contributed by atoms with Crippen LogP contribution < -0.4 is 5.32 Å². The van der Waals surface area contributed by atoms with E-state index in [0.29, 0.717) is 0 Å². The maximum Gasteiger partial charge on any atom is 0.0591 e. The van der Waals surface area contributed by atoms with Crippen molar-refractivity contribution >= 4 is 0 Å². The molecular formula is C14H29NO2. The molecule has 1 saturated carbocycles. The fourth-order valence-electron chi connectivity index (χ4n) is 2.43. The summed E-state index contributed by atoms with van der Waals surface area (Å²) in [7, 11) is 1.73. The highest BCUT2D eigenvalue weighted by Crippen LogP contribution is 2.22. The van der Waals surface area contributed by atoms with E-state index in [4.69, 9.17) is 9.47 Å². The fraction of sp³-hybridized carbons (Fsp3) is 1.00. The first-order valence-electron chi connectivity index (χ1n) is 7.13. The van der Waals surface area contributed by atoms with Gasteiger partial charge >= 0.3 is 0 Å². The summed E-state index contributed by atoms with van der Waals surface area (Å²) in [6, 6.07) is 0.725. The summed E-state index contributed by atoms with van der Waals surface area (Å²) < 4.78 is 10.5. The first kappa shape index (κ1) is 14.9. The summed E-state index contributed by atoms with van der Waals surface area (Å²) in [5, 5.41) is 3.62. The van der Waals surface area contributed by atoms with E-state index in [1.54, 1.807) is 7.11 Å². The van der Waals surface area contributed by atoms with Crippen LogP contribution in [-0.2, 0) is 9.47 Å². The molecular weight excluding hydrogens is 214 g/mol. The standard InChI is InChI=1S/C14H29NO2/c1-13-5-3-6-14(8-7-13)15-9-12-17-11-4-10-16-2/h13-15H,3-12H2,1-2H3. The lowest BCUT2D eigenvalue weighted by molar-refractivity contribution is 0.103. The first-order valence-corrected chi connectivity index (χ1v) is 7.13. The second kappa shape index (κ2) is 9.86. The summed E-state index contributed by atoms with van der Waals surface area (Å²) in [5.41, 5.74) is 0. The van der Waals surface area contributed by atoms with Crippen molar-refractivity contribution in [1.82, 2.24) is 5.32 Å². The van der Waals surface area contributed by atoms with Crippen LogP contribution in [0.2, 0.25) is 0 Å². The predicted octanol–water partition coefficient (Wildman–Crippen LogP) is 2.60. The SMILES string of the molecule is COCCCOCCNC1CCCC(C)CC1. The van der Waals surface area contributed by atoms with Crippen LogP contribution in [0.15, 0.2) is 0 Å². The third kappa shape index (κ3) is 7.74. The molecule has 0 radical (unpaired) electrons. The molecule has 0 aliphatic heterocycles. The third-order valence-electron chi connectivity index (χ3n) is 3.57. The van der Waals surface area contributed by atoms with Gasteiger partial charge in [-0.1, -0.05) is 19.8 Å². The van der Waals surface area contributed by atoms with Crippen molar-refractivity contribution in [2.24, 2.45) is 5.92 Å². The molecule has 0 aromatic rings. The quantitative estimate of drug-likeness (QED) is 0.525. The highest BCUT2D eigenvalue weighted by atomic mass is 16.5. The van der Waals surface area contributed by atoms with E-state index in [9.17, 15) is 0 Å². The lowest BCUT2D eigenvalue weighted by Gasteiger charge is -2.16. The van der Waals surface area contributed by atoms with Gasteiger partial charge in [-0.3, -0.25) is 0 Å². The highest BCUT2D eigenvalue weighted by Gasteiger charge is 2.14. The van der Waals surface area contributed by atoms with Gasteiger partial charge in [0.05, 0.1) is 6.61 Å². The predicted molar refractivity (Wildman–Crippen MR) is 71.4 cm³/mol. The van der Waals surface area contributed by atoms with Gasteiger partial charge in [-0.15, -0.1) is 0 Å². The summed E-state index contributed by atoms with van der Waals surface area (Å²) >= 11 is 0. The molecule has 2 atom stereocenters. The van der Waals surface area contributed by atoms with Crippen molar-refractivity contribution in [2.75, 3.05) is 33.5 Å². The minimum absolute atomic E-state index is 0.725. The Balaban J connectivity index is 1.91. The van der Waals surface area contributed by atoms with Gasteiger partial charge in [0.1, 0.15) is 0 Å². The van der Waals surface area contributed by atoms with Crippen LogP contribution in [0.1, 0.15) is 45.4 Å². The number of hydrogen-bond donors (Lipinski definition) is 1. The molecule has 0 aromatic carbocycles. The topological polar surface area (TPSA) is 30.5 Å². The molecule has 0 saturated heterocycles. The molecule has 1 aliphatic rings. The smallest absolute Gasteiger partial charge is 0.0591 e. The van der Waals surface area contributed by atoms with E-state index < -0.39 is 0 Å². The van der Waals surface area contributed by atoms with Crippen molar-refractivity contribution in [2.45, 2.75) is 51.5 Å². The molecule has 0 amide bonds. The second-order valence-corrected chi connectivity index (χ2v) is 5.22. The fourth-order valence-corrected chi connectivity index (χ4v) is 2.43. The number of methoxy groups -OCH3 is 1. The zero-order chi connectivity index (χ0) is 12.3. The molecule has 0 bridgehead atoms. The van der Waals surface area contributed by atoms with Crippen LogP contribution in [0, 0.1) is 5.92 Å². The molecule has 17 heavy (non-hydrogen) atoms. The lowest BCUT2D eigenvalue weighted by Crippen LogP contribution is -2.31. The van der Waals surface area contributed by atoms with Gasteiger partial charge in [0.15, 0.2) is 0 Å². The molecule has 1 rings (SSSR count). The van der Waals surface area contributed by atoms with Crippen LogP contribution in [0.3, 0.4) is 0 Å². The Labute approximate surface area is 106 Å². The van der Waals surface area contributed by atoms with E-state index in [-0.39, 0.29) is 0 Å². The van der Waals surface area contributed by atoms with Crippen molar-refractivity contribution < 1.29 is 9.47 Å². The number of hydrogen-bond acceptors (Lipinski definition) is 3. The van der Waals surface area contributed by atoms with E-state index in [1.165, 1.54) is 32.1 Å². The van der Waals surface area contributed by atoms with E-state index in [1.807, 2.05) is 0 Å². The Bertz CT molecular complexity index is 176. The average Bonchev–Trinajstić information content (AvgIpc) is 2.53. The molecule has 0 heterocycles. The first-order chi connectivity index (χ1) is 8.33. The zero-order valence-corrected chi connectivity index (χ0v) is 11.5. The van der Waals surface area contributed by atoms with Crippen LogP contribution in [0.4, 0.5) is 0 Å².